The van der Waals surface area contributed by atoms with Crippen LogP contribution < -0.4 is 11.1 Å². The van der Waals surface area contributed by atoms with Gasteiger partial charge in [0, 0.05) is 5.69 Å². The van der Waals surface area contributed by atoms with Crippen LogP contribution in [0.3, 0.4) is 0 Å². The van der Waals surface area contributed by atoms with Gasteiger partial charge in [0.05, 0.1) is 17.7 Å². The molecule has 0 aliphatic rings. The third-order valence-corrected chi connectivity index (χ3v) is 2.47. The molecule has 0 saturated heterocycles. The Balaban J connectivity index is 2.79. The van der Waals surface area contributed by atoms with Gasteiger partial charge in [-0.05, 0) is 23.6 Å². The maximum Gasteiger partial charge on any atom is 0.241 e. The van der Waals surface area contributed by atoms with E-state index in [4.69, 9.17) is 11.0 Å². The fraction of sp³-hybridized carbons (Fsp3) is 0.385. The average molecular weight is 231 g/mol. The van der Waals surface area contributed by atoms with E-state index in [2.05, 4.69) is 5.32 Å². The summed E-state index contributed by atoms with van der Waals surface area (Å²) in [5.74, 6) is -0.243. The molecule has 90 valence electrons. The SMILES string of the molecule is CC(C)(C)[C@@H](N)C(=O)Nc1cccc(C#N)c1. The van der Waals surface area contributed by atoms with Gasteiger partial charge in [0.25, 0.3) is 0 Å². The van der Waals surface area contributed by atoms with Crippen molar-refractivity contribution in [2.75, 3.05) is 5.32 Å². The summed E-state index contributed by atoms with van der Waals surface area (Å²) < 4.78 is 0. The van der Waals surface area contributed by atoms with Crippen molar-refractivity contribution in [3.05, 3.63) is 29.8 Å². The van der Waals surface area contributed by atoms with Crippen LogP contribution in [0.2, 0.25) is 0 Å². The summed E-state index contributed by atoms with van der Waals surface area (Å²) in [7, 11) is 0. The Morgan fingerprint density at radius 2 is 2.12 bits per heavy atom. The molecule has 0 bridgehead atoms. The van der Waals surface area contributed by atoms with E-state index in [0.29, 0.717) is 11.3 Å². The van der Waals surface area contributed by atoms with Gasteiger partial charge in [0.1, 0.15) is 0 Å². The summed E-state index contributed by atoms with van der Waals surface area (Å²) in [5, 5.41) is 11.5. The van der Waals surface area contributed by atoms with Crippen LogP contribution in [0.15, 0.2) is 24.3 Å². The third kappa shape index (κ3) is 3.58. The zero-order valence-electron chi connectivity index (χ0n) is 10.3. The zero-order valence-corrected chi connectivity index (χ0v) is 10.3. The van der Waals surface area contributed by atoms with Gasteiger partial charge in [-0.25, -0.2) is 0 Å². The Hall–Kier alpha value is -1.86. The number of nitrogens with zero attached hydrogens (tertiary/aromatic N) is 1. The van der Waals surface area contributed by atoms with Crippen LogP contribution in [0.1, 0.15) is 26.3 Å². The van der Waals surface area contributed by atoms with E-state index in [-0.39, 0.29) is 11.3 Å². The average Bonchev–Trinajstić information content (AvgIpc) is 2.27. The molecule has 0 aliphatic heterocycles. The molecule has 0 saturated carbocycles. The molecular formula is C13H17N3O. The molecule has 4 nitrogen and oxygen atoms in total. The first-order valence-electron chi connectivity index (χ1n) is 5.41. The lowest BCUT2D eigenvalue weighted by atomic mass is 9.87. The molecular weight excluding hydrogens is 214 g/mol. The summed E-state index contributed by atoms with van der Waals surface area (Å²) in [6.07, 6.45) is 0. The van der Waals surface area contributed by atoms with Crippen LogP contribution in [-0.2, 0) is 4.79 Å². The number of amides is 1. The van der Waals surface area contributed by atoms with Crippen molar-refractivity contribution in [1.82, 2.24) is 0 Å². The fourth-order valence-corrected chi connectivity index (χ4v) is 1.28. The number of carbonyl (C=O) groups excluding carboxylic acids is 1. The standard InChI is InChI=1S/C13H17N3O/c1-13(2,3)11(15)12(17)16-10-6-4-5-9(7-10)8-14/h4-7,11H,15H2,1-3H3,(H,16,17)/t11-/m0/s1. The summed E-state index contributed by atoms with van der Waals surface area (Å²) in [5.41, 5.74) is 6.64. The molecule has 0 heterocycles. The van der Waals surface area contributed by atoms with Crippen LogP contribution in [0.25, 0.3) is 0 Å². The highest BCUT2D eigenvalue weighted by Crippen LogP contribution is 2.19. The minimum atomic E-state index is -0.590. The molecule has 0 aliphatic carbocycles. The number of carbonyl (C=O) groups is 1. The minimum Gasteiger partial charge on any atom is -0.325 e. The lowest BCUT2D eigenvalue weighted by Crippen LogP contribution is -2.45. The molecule has 1 atom stereocenters. The van der Waals surface area contributed by atoms with Gasteiger partial charge in [-0.15, -0.1) is 0 Å². The number of benzene rings is 1. The number of hydrogen-bond acceptors (Lipinski definition) is 3. The Morgan fingerprint density at radius 1 is 1.47 bits per heavy atom. The Morgan fingerprint density at radius 3 is 2.65 bits per heavy atom. The van der Waals surface area contributed by atoms with Crippen molar-refractivity contribution in [3.8, 4) is 6.07 Å². The Kier molecular flexibility index (Phi) is 3.87. The van der Waals surface area contributed by atoms with Crippen LogP contribution in [-0.4, -0.2) is 11.9 Å². The van der Waals surface area contributed by atoms with Crippen molar-refractivity contribution in [2.45, 2.75) is 26.8 Å². The molecule has 4 heteroatoms. The van der Waals surface area contributed by atoms with Crippen LogP contribution in [0.5, 0.6) is 0 Å². The zero-order chi connectivity index (χ0) is 13.1. The van der Waals surface area contributed by atoms with Gasteiger partial charge in [0.2, 0.25) is 5.91 Å². The molecule has 1 aromatic rings. The molecule has 0 unspecified atom stereocenters. The first-order valence-corrected chi connectivity index (χ1v) is 5.41. The van der Waals surface area contributed by atoms with Crippen molar-refractivity contribution < 1.29 is 4.79 Å². The molecule has 1 amide bonds. The predicted molar refractivity (Wildman–Crippen MR) is 67.2 cm³/mol. The molecule has 0 radical (unpaired) electrons. The van der Waals surface area contributed by atoms with Crippen LogP contribution >= 0.6 is 0 Å². The van der Waals surface area contributed by atoms with E-state index >= 15 is 0 Å². The first kappa shape index (κ1) is 13.2. The van der Waals surface area contributed by atoms with Gasteiger partial charge < -0.3 is 11.1 Å². The van der Waals surface area contributed by atoms with Crippen molar-refractivity contribution in [1.29, 1.82) is 5.26 Å². The second-order valence-corrected chi connectivity index (χ2v) is 5.03. The molecule has 1 aromatic carbocycles. The summed E-state index contributed by atoms with van der Waals surface area (Å²) >= 11 is 0. The van der Waals surface area contributed by atoms with E-state index in [1.165, 1.54) is 0 Å². The smallest absolute Gasteiger partial charge is 0.241 e. The maximum atomic E-state index is 11.8. The number of hydrogen-bond donors (Lipinski definition) is 2. The highest BCUT2D eigenvalue weighted by Gasteiger charge is 2.27. The summed E-state index contributed by atoms with van der Waals surface area (Å²) in [6.45, 7) is 5.72. The predicted octanol–water partition coefficient (Wildman–Crippen LogP) is 1.87. The van der Waals surface area contributed by atoms with Gasteiger partial charge in [-0.3, -0.25) is 4.79 Å². The topological polar surface area (TPSA) is 78.9 Å². The lowest BCUT2D eigenvalue weighted by molar-refractivity contribution is -0.119. The third-order valence-electron chi connectivity index (χ3n) is 2.47. The van der Waals surface area contributed by atoms with Crippen LogP contribution in [0.4, 0.5) is 5.69 Å². The largest absolute Gasteiger partial charge is 0.325 e. The Labute approximate surface area is 101 Å². The van der Waals surface area contributed by atoms with Crippen molar-refractivity contribution in [3.63, 3.8) is 0 Å². The van der Waals surface area contributed by atoms with Gasteiger partial charge >= 0.3 is 0 Å². The molecule has 3 N–H and O–H groups in total. The Bertz CT molecular complexity index is 454. The second-order valence-electron chi connectivity index (χ2n) is 5.03. The maximum absolute atomic E-state index is 11.8. The molecule has 0 spiro atoms. The molecule has 1 rings (SSSR count). The van der Waals surface area contributed by atoms with Crippen LogP contribution in [0, 0.1) is 16.7 Å². The number of nitrogens with two attached hydrogens (primary N) is 1. The molecule has 17 heavy (non-hydrogen) atoms. The van der Waals surface area contributed by atoms with Crippen molar-refractivity contribution in [2.24, 2.45) is 11.1 Å². The van der Waals surface area contributed by atoms with E-state index in [0.717, 1.165) is 0 Å². The normalized spacial score (nSPS) is 12.6. The summed E-state index contributed by atoms with van der Waals surface area (Å²) in [4.78, 5) is 11.8. The quantitative estimate of drug-likeness (QED) is 0.815. The van der Waals surface area contributed by atoms with E-state index in [1.54, 1.807) is 24.3 Å². The van der Waals surface area contributed by atoms with E-state index < -0.39 is 6.04 Å². The second kappa shape index (κ2) is 4.98. The highest BCUT2D eigenvalue weighted by molar-refractivity contribution is 5.95. The van der Waals surface area contributed by atoms with Gasteiger partial charge in [-0.1, -0.05) is 26.8 Å². The first-order chi connectivity index (χ1) is 7.84. The summed E-state index contributed by atoms with van der Waals surface area (Å²) in [6, 6.07) is 8.18. The van der Waals surface area contributed by atoms with Gasteiger partial charge in [-0.2, -0.15) is 5.26 Å². The highest BCUT2D eigenvalue weighted by atomic mass is 16.2. The van der Waals surface area contributed by atoms with Crippen molar-refractivity contribution >= 4 is 11.6 Å². The fourth-order valence-electron chi connectivity index (χ4n) is 1.28. The lowest BCUT2D eigenvalue weighted by Gasteiger charge is -2.25. The van der Waals surface area contributed by atoms with E-state index in [9.17, 15) is 4.79 Å². The van der Waals surface area contributed by atoms with E-state index in [1.807, 2.05) is 26.8 Å². The number of nitrogens with one attached hydrogen (secondary N) is 1. The number of rotatable bonds is 2. The minimum absolute atomic E-state index is 0.243. The number of nitriles is 1. The number of anilines is 1. The molecule has 0 aromatic heterocycles. The molecule has 0 fully saturated rings. The monoisotopic (exact) mass is 231 g/mol. The van der Waals surface area contributed by atoms with Gasteiger partial charge in [0.15, 0.2) is 0 Å².